The third-order valence-corrected chi connectivity index (χ3v) is 3.68. The van der Waals surface area contributed by atoms with Gasteiger partial charge in [-0.2, -0.15) is 0 Å². The van der Waals surface area contributed by atoms with E-state index in [9.17, 15) is 4.79 Å². The summed E-state index contributed by atoms with van der Waals surface area (Å²) >= 11 is 0. The molecule has 1 aliphatic rings. The summed E-state index contributed by atoms with van der Waals surface area (Å²) in [5, 5.41) is 0. The quantitative estimate of drug-likeness (QED) is 0.778. The number of aryl methyl sites for hydroxylation is 1. The van der Waals surface area contributed by atoms with Crippen molar-refractivity contribution in [1.29, 1.82) is 0 Å². The van der Waals surface area contributed by atoms with Gasteiger partial charge in [0.25, 0.3) is 0 Å². The molecule has 1 amide bonds. The lowest BCUT2D eigenvalue weighted by Crippen LogP contribution is -2.44. The Morgan fingerprint density at radius 1 is 1.33 bits per heavy atom. The van der Waals surface area contributed by atoms with Crippen LogP contribution < -0.4 is 4.90 Å². The van der Waals surface area contributed by atoms with Gasteiger partial charge < -0.3 is 4.90 Å². The van der Waals surface area contributed by atoms with Gasteiger partial charge in [0, 0.05) is 18.4 Å². The minimum absolute atomic E-state index is 0.0497. The van der Waals surface area contributed by atoms with Crippen molar-refractivity contribution >= 4 is 11.6 Å². The van der Waals surface area contributed by atoms with E-state index < -0.39 is 0 Å². The van der Waals surface area contributed by atoms with Crippen molar-refractivity contribution in [1.82, 2.24) is 0 Å². The average Bonchev–Trinajstić information content (AvgIpc) is 2.23. The molecule has 98 valence electrons. The lowest BCUT2D eigenvalue weighted by Gasteiger charge is -2.40. The molecule has 0 radical (unpaired) electrons. The summed E-state index contributed by atoms with van der Waals surface area (Å²) in [7, 11) is 0. The number of nitrogens with zero attached hydrogens (tertiary/aromatic N) is 1. The molecule has 0 aliphatic carbocycles. The van der Waals surface area contributed by atoms with Crippen molar-refractivity contribution in [3.63, 3.8) is 0 Å². The molecule has 1 aromatic carbocycles. The van der Waals surface area contributed by atoms with Crippen LogP contribution in [0.3, 0.4) is 0 Å². The van der Waals surface area contributed by atoms with Crippen LogP contribution in [0.4, 0.5) is 5.69 Å². The number of carbonyl (C=O) groups excluding carboxylic acids is 1. The normalized spacial score (nSPS) is 18.1. The second-order valence-electron chi connectivity index (χ2n) is 6.43. The molecule has 2 nitrogen and oxygen atoms in total. The SMILES string of the molecule is Cc1cccc2c1N(CC(C)C)C(=O)CC2(C)C. The Hall–Kier alpha value is -1.31. The highest BCUT2D eigenvalue weighted by Crippen LogP contribution is 2.42. The first kappa shape index (κ1) is 13.1. The number of benzene rings is 1. The Morgan fingerprint density at radius 2 is 2.00 bits per heavy atom. The first-order chi connectivity index (χ1) is 8.33. The molecule has 18 heavy (non-hydrogen) atoms. The molecular weight excluding hydrogens is 222 g/mol. The van der Waals surface area contributed by atoms with Gasteiger partial charge in [-0.1, -0.05) is 45.9 Å². The molecule has 0 atom stereocenters. The van der Waals surface area contributed by atoms with Gasteiger partial charge in [0.05, 0.1) is 5.69 Å². The van der Waals surface area contributed by atoms with E-state index in [2.05, 4.69) is 52.8 Å². The number of anilines is 1. The molecule has 1 aliphatic heterocycles. The minimum Gasteiger partial charge on any atom is -0.312 e. The van der Waals surface area contributed by atoms with E-state index in [0.29, 0.717) is 12.3 Å². The zero-order chi connectivity index (χ0) is 13.5. The van der Waals surface area contributed by atoms with E-state index in [1.54, 1.807) is 0 Å². The molecule has 0 spiro atoms. The highest BCUT2D eigenvalue weighted by atomic mass is 16.2. The summed E-state index contributed by atoms with van der Waals surface area (Å²) in [5.41, 5.74) is 3.61. The Balaban J connectivity index is 2.56. The predicted octanol–water partition coefficient (Wildman–Crippen LogP) is 3.67. The van der Waals surface area contributed by atoms with E-state index >= 15 is 0 Å². The van der Waals surface area contributed by atoms with Gasteiger partial charge in [-0.15, -0.1) is 0 Å². The van der Waals surface area contributed by atoms with Crippen LogP contribution in [-0.4, -0.2) is 12.5 Å². The Bertz CT molecular complexity index is 474. The first-order valence-corrected chi connectivity index (χ1v) is 6.73. The third kappa shape index (κ3) is 2.16. The molecule has 0 bridgehead atoms. The number of amides is 1. The Labute approximate surface area is 110 Å². The number of carbonyl (C=O) groups is 1. The first-order valence-electron chi connectivity index (χ1n) is 6.73. The highest BCUT2D eigenvalue weighted by molar-refractivity contribution is 5.98. The second kappa shape index (κ2) is 4.42. The van der Waals surface area contributed by atoms with Crippen molar-refractivity contribution in [2.45, 2.75) is 46.5 Å². The summed E-state index contributed by atoms with van der Waals surface area (Å²) in [6, 6.07) is 6.36. The topological polar surface area (TPSA) is 20.3 Å². The summed E-state index contributed by atoms with van der Waals surface area (Å²) in [5.74, 6) is 0.748. The molecule has 0 saturated heterocycles. The van der Waals surface area contributed by atoms with Crippen LogP contribution >= 0.6 is 0 Å². The zero-order valence-electron chi connectivity index (χ0n) is 12.1. The fourth-order valence-corrected chi connectivity index (χ4v) is 2.82. The van der Waals surface area contributed by atoms with Gasteiger partial charge in [0.2, 0.25) is 5.91 Å². The second-order valence-corrected chi connectivity index (χ2v) is 6.43. The van der Waals surface area contributed by atoms with E-state index in [1.165, 1.54) is 11.1 Å². The van der Waals surface area contributed by atoms with Crippen LogP contribution in [0.15, 0.2) is 18.2 Å². The lowest BCUT2D eigenvalue weighted by atomic mass is 9.76. The molecule has 2 heteroatoms. The molecular formula is C16H23NO. The van der Waals surface area contributed by atoms with Crippen LogP contribution in [0.5, 0.6) is 0 Å². The van der Waals surface area contributed by atoms with E-state index in [4.69, 9.17) is 0 Å². The fraction of sp³-hybridized carbons (Fsp3) is 0.562. The fourth-order valence-electron chi connectivity index (χ4n) is 2.82. The summed E-state index contributed by atoms with van der Waals surface area (Å²) < 4.78 is 0. The van der Waals surface area contributed by atoms with Crippen molar-refractivity contribution < 1.29 is 4.79 Å². The zero-order valence-corrected chi connectivity index (χ0v) is 12.1. The van der Waals surface area contributed by atoms with Gasteiger partial charge in [-0.25, -0.2) is 0 Å². The largest absolute Gasteiger partial charge is 0.312 e. The van der Waals surface area contributed by atoms with E-state index in [0.717, 1.165) is 12.2 Å². The molecule has 1 heterocycles. The number of para-hydroxylation sites is 1. The van der Waals surface area contributed by atoms with Crippen LogP contribution in [0.2, 0.25) is 0 Å². The van der Waals surface area contributed by atoms with E-state index in [-0.39, 0.29) is 11.3 Å². The average molecular weight is 245 g/mol. The summed E-state index contributed by atoms with van der Waals surface area (Å²) in [6.07, 6.45) is 0.607. The monoisotopic (exact) mass is 245 g/mol. The number of hydrogen-bond donors (Lipinski definition) is 0. The van der Waals surface area contributed by atoms with Crippen molar-refractivity contribution in [2.24, 2.45) is 5.92 Å². The highest BCUT2D eigenvalue weighted by Gasteiger charge is 2.37. The van der Waals surface area contributed by atoms with Gasteiger partial charge in [0.1, 0.15) is 0 Å². The Morgan fingerprint density at radius 3 is 2.61 bits per heavy atom. The smallest absolute Gasteiger partial charge is 0.227 e. The van der Waals surface area contributed by atoms with Crippen LogP contribution in [0.25, 0.3) is 0 Å². The molecule has 0 unspecified atom stereocenters. The summed E-state index contributed by atoms with van der Waals surface area (Å²) in [4.78, 5) is 14.4. The van der Waals surface area contributed by atoms with E-state index in [1.807, 2.05) is 4.90 Å². The van der Waals surface area contributed by atoms with Gasteiger partial charge in [0.15, 0.2) is 0 Å². The molecule has 0 N–H and O–H groups in total. The minimum atomic E-state index is -0.0497. The van der Waals surface area contributed by atoms with Crippen LogP contribution in [0.1, 0.15) is 45.2 Å². The maximum atomic E-state index is 12.4. The predicted molar refractivity (Wildman–Crippen MR) is 76.0 cm³/mol. The standard InChI is InChI=1S/C16H23NO/c1-11(2)10-17-14(18)9-16(4,5)13-8-6-7-12(3)15(13)17/h6-8,11H,9-10H2,1-5H3. The Kier molecular flexibility index (Phi) is 3.22. The molecule has 1 aromatic rings. The van der Waals surface area contributed by atoms with Crippen molar-refractivity contribution in [3.05, 3.63) is 29.3 Å². The van der Waals surface area contributed by atoms with Crippen LogP contribution in [-0.2, 0) is 10.2 Å². The molecule has 2 rings (SSSR count). The third-order valence-electron chi connectivity index (χ3n) is 3.68. The van der Waals surface area contributed by atoms with Crippen molar-refractivity contribution in [3.8, 4) is 0 Å². The maximum Gasteiger partial charge on any atom is 0.227 e. The molecule has 0 aromatic heterocycles. The molecule has 0 fully saturated rings. The van der Waals surface area contributed by atoms with Gasteiger partial charge in [-0.3, -0.25) is 4.79 Å². The lowest BCUT2D eigenvalue weighted by molar-refractivity contribution is -0.120. The number of rotatable bonds is 2. The van der Waals surface area contributed by atoms with Crippen molar-refractivity contribution in [2.75, 3.05) is 11.4 Å². The van der Waals surface area contributed by atoms with Crippen LogP contribution in [0, 0.1) is 12.8 Å². The maximum absolute atomic E-state index is 12.4. The van der Waals surface area contributed by atoms with Gasteiger partial charge >= 0.3 is 0 Å². The number of fused-ring (bicyclic) bond motifs is 1. The number of hydrogen-bond acceptors (Lipinski definition) is 1. The summed E-state index contributed by atoms with van der Waals surface area (Å²) in [6.45, 7) is 11.6. The van der Waals surface area contributed by atoms with Gasteiger partial charge in [-0.05, 0) is 24.0 Å². The molecule has 0 saturated carbocycles.